The molecule has 0 saturated heterocycles. The summed E-state index contributed by atoms with van der Waals surface area (Å²) >= 11 is 0. The second-order valence-corrected chi connectivity index (χ2v) is 5.69. The van der Waals surface area contributed by atoms with Crippen LogP contribution in [0.5, 0.6) is 11.5 Å². The summed E-state index contributed by atoms with van der Waals surface area (Å²) in [6.45, 7) is 1.80. The number of para-hydroxylation sites is 2. The van der Waals surface area contributed by atoms with Gasteiger partial charge >= 0.3 is 0 Å². The number of anilines is 1. The van der Waals surface area contributed by atoms with Gasteiger partial charge in [-0.05, 0) is 37.3 Å². The number of carbonyl (C=O) groups is 1. The van der Waals surface area contributed by atoms with Crippen molar-refractivity contribution in [3.05, 3.63) is 71.5 Å². The molecular formula is C20H16N2O3. The van der Waals surface area contributed by atoms with Crippen LogP contribution in [0.15, 0.2) is 71.0 Å². The van der Waals surface area contributed by atoms with Gasteiger partial charge in [0.2, 0.25) is 0 Å². The molecule has 2 aliphatic heterocycles. The molecule has 2 heterocycles. The van der Waals surface area contributed by atoms with E-state index in [4.69, 9.17) is 9.47 Å². The number of allylic oxidation sites excluding steroid dienone is 1. The number of fused-ring (bicyclic) bond motifs is 1. The SMILES string of the molecule is COc1cccc2c1O/C(=C1/C(=O)N(c3ccccc3)N=C1C)C=C2. The molecule has 0 bridgehead atoms. The molecule has 0 unspecified atom stereocenters. The molecule has 2 aromatic rings. The molecule has 0 atom stereocenters. The average Bonchev–Trinajstić information content (AvgIpc) is 2.96. The maximum absolute atomic E-state index is 12.9. The van der Waals surface area contributed by atoms with Crippen LogP contribution in [-0.2, 0) is 4.79 Å². The topological polar surface area (TPSA) is 51.1 Å². The molecule has 0 aliphatic carbocycles. The zero-order chi connectivity index (χ0) is 17.4. The molecule has 0 radical (unpaired) electrons. The molecule has 0 saturated carbocycles. The maximum Gasteiger partial charge on any atom is 0.284 e. The number of methoxy groups -OCH3 is 1. The van der Waals surface area contributed by atoms with Gasteiger partial charge in [0.1, 0.15) is 11.3 Å². The van der Waals surface area contributed by atoms with Gasteiger partial charge in [-0.15, -0.1) is 0 Å². The van der Waals surface area contributed by atoms with Gasteiger partial charge in [-0.2, -0.15) is 10.1 Å². The summed E-state index contributed by atoms with van der Waals surface area (Å²) in [7, 11) is 1.59. The average molecular weight is 332 g/mol. The summed E-state index contributed by atoms with van der Waals surface area (Å²) < 4.78 is 11.4. The predicted molar refractivity (Wildman–Crippen MR) is 96.7 cm³/mol. The van der Waals surface area contributed by atoms with Crippen LogP contribution in [-0.4, -0.2) is 18.7 Å². The van der Waals surface area contributed by atoms with Gasteiger partial charge in [0.25, 0.3) is 5.91 Å². The van der Waals surface area contributed by atoms with E-state index in [1.165, 1.54) is 5.01 Å². The first kappa shape index (κ1) is 15.2. The normalized spacial score (nSPS) is 18.7. The molecule has 4 rings (SSSR count). The first-order valence-corrected chi connectivity index (χ1v) is 7.91. The van der Waals surface area contributed by atoms with Crippen LogP contribution in [0.1, 0.15) is 12.5 Å². The summed E-state index contributed by atoms with van der Waals surface area (Å²) in [5.41, 5.74) is 2.70. The van der Waals surface area contributed by atoms with E-state index >= 15 is 0 Å². The number of rotatable bonds is 2. The number of hydrogen-bond acceptors (Lipinski definition) is 4. The highest BCUT2D eigenvalue weighted by Gasteiger charge is 2.33. The fourth-order valence-corrected chi connectivity index (χ4v) is 2.91. The minimum Gasteiger partial charge on any atom is -0.493 e. The van der Waals surface area contributed by atoms with Crippen LogP contribution in [0.3, 0.4) is 0 Å². The highest BCUT2D eigenvalue weighted by molar-refractivity contribution is 6.30. The lowest BCUT2D eigenvalue weighted by molar-refractivity contribution is -0.114. The molecule has 2 aromatic carbocycles. The zero-order valence-corrected chi connectivity index (χ0v) is 13.9. The molecule has 124 valence electrons. The third-order valence-electron chi connectivity index (χ3n) is 4.12. The molecular weight excluding hydrogens is 316 g/mol. The van der Waals surface area contributed by atoms with Crippen molar-refractivity contribution in [1.82, 2.24) is 0 Å². The van der Waals surface area contributed by atoms with E-state index in [1.54, 1.807) is 20.1 Å². The Morgan fingerprint density at radius 3 is 2.60 bits per heavy atom. The third kappa shape index (κ3) is 2.50. The quantitative estimate of drug-likeness (QED) is 0.787. The van der Waals surface area contributed by atoms with Gasteiger partial charge in [-0.3, -0.25) is 4.79 Å². The van der Waals surface area contributed by atoms with Crippen molar-refractivity contribution < 1.29 is 14.3 Å². The van der Waals surface area contributed by atoms with Gasteiger partial charge in [0.05, 0.1) is 18.5 Å². The lowest BCUT2D eigenvalue weighted by Gasteiger charge is -2.19. The first-order valence-electron chi connectivity index (χ1n) is 7.91. The molecule has 0 aromatic heterocycles. The van der Waals surface area contributed by atoms with Gasteiger partial charge in [0.15, 0.2) is 11.5 Å². The first-order chi connectivity index (χ1) is 12.2. The van der Waals surface area contributed by atoms with Crippen LogP contribution in [0.25, 0.3) is 6.08 Å². The van der Waals surface area contributed by atoms with Crippen LogP contribution in [0.2, 0.25) is 0 Å². The second kappa shape index (κ2) is 5.94. The van der Waals surface area contributed by atoms with E-state index in [0.717, 1.165) is 11.3 Å². The fraction of sp³-hybridized carbons (Fsp3) is 0.100. The van der Waals surface area contributed by atoms with E-state index in [-0.39, 0.29) is 5.91 Å². The molecule has 2 aliphatic rings. The lowest BCUT2D eigenvalue weighted by Crippen LogP contribution is -2.23. The number of amides is 1. The van der Waals surface area contributed by atoms with Crippen molar-refractivity contribution in [2.45, 2.75) is 6.92 Å². The van der Waals surface area contributed by atoms with Gasteiger partial charge in [-0.1, -0.05) is 30.3 Å². The smallest absolute Gasteiger partial charge is 0.284 e. The van der Waals surface area contributed by atoms with Crippen LogP contribution in [0.4, 0.5) is 5.69 Å². The van der Waals surface area contributed by atoms with Crippen LogP contribution in [0, 0.1) is 0 Å². The van der Waals surface area contributed by atoms with E-state index in [2.05, 4.69) is 5.10 Å². The summed E-state index contributed by atoms with van der Waals surface area (Å²) in [4.78, 5) is 12.9. The number of hydrazone groups is 1. The Morgan fingerprint density at radius 1 is 1.04 bits per heavy atom. The van der Waals surface area contributed by atoms with Crippen LogP contribution < -0.4 is 14.5 Å². The Labute approximate surface area is 145 Å². The second-order valence-electron chi connectivity index (χ2n) is 5.69. The lowest BCUT2D eigenvalue weighted by atomic mass is 10.1. The molecule has 1 amide bonds. The van der Waals surface area contributed by atoms with Gasteiger partial charge < -0.3 is 9.47 Å². The maximum atomic E-state index is 12.9. The number of hydrogen-bond donors (Lipinski definition) is 0. The summed E-state index contributed by atoms with van der Waals surface area (Å²) in [5, 5.41) is 5.79. The number of nitrogens with zero attached hydrogens (tertiary/aromatic N) is 2. The zero-order valence-electron chi connectivity index (χ0n) is 13.9. The molecule has 0 fully saturated rings. The van der Waals surface area contributed by atoms with Crippen LogP contribution >= 0.6 is 0 Å². The summed E-state index contributed by atoms with van der Waals surface area (Å²) in [6.07, 6.45) is 3.71. The predicted octanol–water partition coefficient (Wildman–Crippen LogP) is 3.78. The van der Waals surface area contributed by atoms with Crippen molar-refractivity contribution in [2.24, 2.45) is 5.10 Å². The number of ether oxygens (including phenoxy) is 2. The minimum absolute atomic E-state index is 0.207. The fourth-order valence-electron chi connectivity index (χ4n) is 2.91. The Bertz CT molecular complexity index is 943. The largest absolute Gasteiger partial charge is 0.493 e. The highest BCUT2D eigenvalue weighted by atomic mass is 16.5. The van der Waals surface area contributed by atoms with E-state index in [1.807, 2.05) is 54.6 Å². The Morgan fingerprint density at radius 2 is 1.84 bits per heavy atom. The molecule has 25 heavy (non-hydrogen) atoms. The standard InChI is InChI=1S/C20H16N2O3/c1-13-18(20(23)22(21-13)15-8-4-3-5-9-15)16-12-11-14-7-6-10-17(24-2)19(14)25-16/h3-12H,1-2H3/b18-16+. The number of carbonyl (C=O) groups excluding carboxylic acids is 1. The molecule has 0 spiro atoms. The van der Waals surface area contributed by atoms with Crippen molar-refractivity contribution in [3.63, 3.8) is 0 Å². The summed E-state index contributed by atoms with van der Waals surface area (Å²) in [5.74, 6) is 1.50. The van der Waals surface area contributed by atoms with E-state index in [9.17, 15) is 4.79 Å². The number of benzene rings is 2. The summed E-state index contributed by atoms with van der Waals surface area (Å²) in [6, 6.07) is 15.0. The van der Waals surface area contributed by atoms with Gasteiger partial charge in [0, 0.05) is 5.56 Å². The van der Waals surface area contributed by atoms with Gasteiger partial charge in [-0.25, -0.2) is 0 Å². The van der Waals surface area contributed by atoms with Crippen molar-refractivity contribution in [1.29, 1.82) is 0 Å². The Balaban J connectivity index is 1.75. The van der Waals surface area contributed by atoms with Crippen molar-refractivity contribution in [3.8, 4) is 11.5 Å². The highest BCUT2D eigenvalue weighted by Crippen LogP contribution is 2.38. The Hall–Kier alpha value is -3.34. The Kier molecular flexibility index (Phi) is 3.61. The minimum atomic E-state index is -0.207. The molecule has 5 nitrogen and oxygen atoms in total. The van der Waals surface area contributed by atoms with E-state index < -0.39 is 0 Å². The van der Waals surface area contributed by atoms with Crippen molar-refractivity contribution in [2.75, 3.05) is 12.1 Å². The monoisotopic (exact) mass is 332 g/mol. The van der Waals surface area contributed by atoms with Crippen molar-refractivity contribution >= 4 is 23.4 Å². The van der Waals surface area contributed by atoms with E-state index in [0.29, 0.717) is 28.5 Å². The molecule has 5 heteroatoms. The third-order valence-corrected chi connectivity index (χ3v) is 4.12. The molecule has 0 N–H and O–H groups in total.